The molecule has 0 aliphatic heterocycles. The molecule has 1 aliphatic carbocycles. The quantitative estimate of drug-likeness (QED) is 0.402. The van der Waals surface area contributed by atoms with Crippen molar-refractivity contribution in [1.29, 1.82) is 0 Å². The third-order valence-electron chi connectivity index (χ3n) is 5.30. The molecule has 6 nitrogen and oxygen atoms in total. The molecule has 0 unspecified atom stereocenters. The molecule has 0 aromatic carbocycles. The number of aromatic amines is 2. The Kier molecular flexibility index (Phi) is 5.28. The van der Waals surface area contributed by atoms with E-state index in [0.29, 0.717) is 22.1 Å². The maximum Gasteiger partial charge on any atom is 0.260 e. The molecular weight excluding hydrogens is 422 g/mol. The molecule has 4 heterocycles. The van der Waals surface area contributed by atoms with E-state index in [1.807, 2.05) is 5.38 Å². The van der Waals surface area contributed by atoms with Crippen molar-refractivity contribution in [3.8, 4) is 10.4 Å². The van der Waals surface area contributed by atoms with Crippen LogP contribution < -0.4 is 5.56 Å². The summed E-state index contributed by atoms with van der Waals surface area (Å²) in [6.07, 6.45) is 6.23. The number of aryl methyl sites for hydroxylation is 1. The summed E-state index contributed by atoms with van der Waals surface area (Å²) in [5, 5.41) is 10.8. The Labute approximate surface area is 180 Å². The fourth-order valence-electron chi connectivity index (χ4n) is 3.88. The highest BCUT2D eigenvalue weighted by atomic mass is 32.2. The fourth-order valence-corrected chi connectivity index (χ4v) is 6.49. The van der Waals surface area contributed by atoms with Gasteiger partial charge in [0.05, 0.1) is 11.1 Å². The lowest BCUT2D eigenvalue weighted by Gasteiger charge is -2.04. The first kappa shape index (κ1) is 19.0. The van der Waals surface area contributed by atoms with Crippen LogP contribution in [0.5, 0.6) is 0 Å². The molecule has 0 spiro atoms. The van der Waals surface area contributed by atoms with E-state index in [2.05, 4.69) is 44.2 Å². The van der Waals surface area contributed by atoms with Crippen LogP contribution in [0.15, 0.2) is 27.5 Å². The molecule has 150 valence electrons. The van der Waals surface area contributed by atoms with Crippen LogP contribution in [0.1, 0.15) is 42.2 Å². The minimum absolute atomic E-state index is 0.0789. The Hall–Kier alpha value is -1.97. The van der Waals surface area contributed by atoms with Gasteiger partial charge in [0.1, 0.15) is 16.5 Å². The van der Waals surface area contributed by atoms with Gasteiger partial charge in [0.15, 0.2) is 0 Å². The Morgan fingerprint density at radius 3 is 2.86 bits per heavy atom. The average Bonchev–Trinajstić information content (AvgIpc) is 3.48. The van der Waals surface area contributed by atoms with Crippen molar-refractivity contribution in [2.24, 2.45) is 5.92 Å². The molecule has 4 aromatic rings. The summed E-state index contributed by atoms with van der Waals surface area (Å²) in [6.45, 7) is 2.07. The molecule has 0 atom stereocenters. The van der Waals surface area contributed by atoms with Crippen molar-refractivity contribution in [1.82, 2.24) is 25.1 Å². The van der Waals surface area contributed by atoms with Gasteiger partial charge in [-0.25, -0.2) is 9.97 Å². The van der Waals surface area contributed by atoms with Crippen LogP contribution in [0.25, 0.3) is 20.7 Å². The lowest BCUT2D eigenvalue weighted by atomic mass is 10.0. The smallest absolute Gasteiger partial charge is 0.260 e. The third kappa shape index (κ3) is 4.04. The van der Waals surface area contributed by atoms with Gasteiger partial charge in [-0.1, -0.05) is 37.4 Å². The number of hydrogen-bond donors (Lipinski definition) is 2. The summed E-state index contributed by atoms with van der Waals surface area (Å²) >= 11 is 4.71. The number of hydrogen-bond acceptors (Lipinski definition) is 7. The predicted octanol–water partition coefficient (Wildman–Crippen LogP) is 5.16. The van der Waals surface area contributed by atoms with E-state index in [1.165, 1.54) is 53.7 Å². The van der Waals surface area contributed by atoms with Crippen LogP contribution >= 0.6 is 34.4 Å². The number of nitrogens with one attached hydrogen (secondary N) is 2. The molecule has 1 aliphatic rings. The van der Waals surface area contributed by atoms with E-state index in [9.17, 15) is 4.79 Å². The topological polar surface area (TPSA) is 87.3 Å². The average molecular weight is 444 g/mol. The van der Waals surface area contributed by atoms with Gasteiger partial charge in [0, 0.05) is 27.1 Å². The van der Waals surface area contributed by atoms with Crippen LogP contribution in [0.2, 0.25) is 0 Å². The summed E-state index contributed by atoms with van der Waals surface area (Å²) in [7, 11) is 0. The number of nitrogens with zero attached hydrogens (tertiary/aromatic N) is 3. The maximum absolute atomic E-state index is 12.7. The van der Waals surface area contributed by atoms with E-state index < -0.39 is 0 Å². The van der Waals surface area contributed by atoms with Gasteiger partial charge in [-0.2, -0.15) is 0 Å². The Morgan fingerprint density at radius 1 is 1.21 bits per heavy atom. The van der Waals surface area contributed by atoms with Crippen LogP contribution in [0.3, 0.4) is 0 Å². The van der Waals surface area contributed by atoms with Crippen molar-refractivity contribution in [3.05, 3.63) is 44.4 Å². The number of fused-ring (bicyclic) bond motifs is 1. The molecule has 1 saturated carbocycles. The van der Waals surface area contributed by atoms with Crippen LogP contribution in [-0.4, -0.2) is 25.1 Å². The summed E-state index contributed by atoms with van der Waals surface area (Å²) in [5.41, 5.74) is 0.895. The molecule has 4 aromatic heterocycles. The molecule has 0 bridgehead atoms. The second-order valence-corrected chi connectivity index (χ2v) is 10.5. The third-order valence-corrected chi connectivity index (χ3v) is 8.07. The van der Waals surface area contributed by atoms with Gasteiger partial charge < -0.3 is 4.98 Å². The van der Waals surface area contributed by atoms with Crippen molar-refractivity contribution in [3.63, 3.8) is 0 Å². The van der Waals surface area contributed by atoms with E-state index in [4.69, 9.17) is 0 Å². The molecule has 0 saturated heterocycles. The molecule has 5 rings (SSSR count). The second kappa shape index (κ2) is 8.04. The van der Waals surface area contributed by atoms with Crippen LogP contribution in [0.4, 0.5) is 0 Å². The van der Waals surface area contributed by atoms with Gasteiger partial charge >= 0.3 is 0 Å². The van der Waals surface area contributed by atoms with Gasteiger partial charge in [0.2, 0.25) is 5.16 Å². The first-order valence-electron chi connectivity index (χ1n) is 9.77. The molecule has 29 heavy (non-hydrogen) atoms. The highest BCUT2D eigenvalue weighted by Gasteiger charge is 2.18. The number of rotatable bonds is 6. The highest BCUT2D eigenvalue weighted by molar-refractivity contribution is 7.98. The lowest BCUT2D eigenvalue weighted by molar-refractivity contribution is 0.531. The van der Waals surface area contributed by atoms with Crippen molar-refractivity contribution in [2.75, 3.05) is 0 Å². The monoisotopic (exact) mass is 443 g/mol. The zero-order chi connectivity index (χ0) is 19.8. The Bertz CT molecular complexity index is 1200. The summed E-state index contributed by atoms with van der Waals surface area (Å²) in [6, 6.07) is 4.14. The summed E-state index contributed by atoms with van der Waals surface area (Å²) in [5.74, 6) is 2.90. The molecule has 0 radical (unpaired) electrons. The highest BCUT2D eigenvalue weighted by Crippen LogP contribution is 2.35. The molecule has 0 amide bonds. The van der Waals surface area contributed by atoms with E-state index in [-0.39, 0.29) is 5.56 Å². The minimum atomic E-state index is -0.0789. The Morgan fingerprint density at radius 2 is 2.07 bits per heavy atom. The van der Waals surface area contributed by atoms with Crippen molar-refractivity contribution < 1.29 is 0 Å². The normalized spacial score (nSPS) is 14.9. The Balaban J connectivity index is 1.31. The first-order chi connectivity index (χ1) is 14.2. The van der Waals surface area contributed by atoms with E-state index in [0.717, 1.165) is 33.4 Å². The molecular formula is C20H21N5OS3. The molecule has 2 N–H and O–H groups in total. The number of thiophene rings is 2. The lowest BCUT2D eigenvalue weighted by Crippen LogP contribution is -2.10. The zero-order valence-electron chi connectivity index (χ0n) is 16.0. The maximum atomic E-state index is 12.7. The molecule has 1 fully saturated rings. The summed E-state index contributed by atoms with van der Waals surface area (Å²) < 4.78 is 0. The number of H-pyrrole nitrogens is 2. The largest absolute Gasteiger partial charge is 0.309 e. The van der Waals surface area contributed by atoms with Crippen LogP contribution in [0, 0.1) is 12.8 Å². The van der Waals surface area contributed by atoms with E-state index in [1.54, 1.807) is 11.3 Å². The zero-order valence-corrected chi connectivity index (χ0v) is 18.5. The van der Waals surface area contributed by atoms with E-state index >= 15 is 0 Å². The minimum Gasteiger partial charge on any atom is -0.309 e. The van der Waals surface area contributed by atoms with Crippen molar-refractivity contribution >= 4 is 44.7 Å². The van der Waals surface area contributed by atoms with Gasteiger partial charge in [-0.3, -0.25) is 9.89 Å². The second-order valence-electron chi connectivity index (χ2n) is 7.46. The van der Waals surface area contributed by atoms with Crippen molar-refractivity contribution in [2.45, 2.75) is 49.9 Å². The predicted molar refractivity (Wildman–Crippen MR) is 120 cm³/mol. The molecule has 9 heteroatoms. The SMILES string of the molecule is Cc1ccc(-c2csc3nc(CSc4n[nH]c(CC5CCCC5)n4)[nH]c(=O)c23)s1. The summed E-state index contributed by atoms with van der Waals surface area (Å²) in [4.78, 5) is 28.1. The fraction of sp³-hybridized carbons (Fsp3) is 0.400. The number of aromatic nitrogens is 5. The number of thioether (sulfide) groups is 1. The van der Waals surface area contributed by atoms with Gasteiger partial charge in [0.25, 0.3) is 5.56 Å². The van der Waals surface area contributed by atoms with Gasteiger partial charge in [-0.15, -0.1) is 27.8 Å². The van der Waals surface area contributed by atoms with Crippen LogP contribution in [-0.2, 0) is 12.2 Å². The van der Waals surface area contributed by atoms with Gasteiger partial charge in [-0.05, 0) is 25.0 Å². The standard InChI is InChI=1S/C20H21N5OS3/c1-11-6-7-14(29-11)13-9-27-19-17(13)18(26)21-16(22-19)10-28-20-23-15(24-25-20)8-12-4-2-3-5-12/h6-7,9,12H,2-5,8,10H2,1H3,(H,21,22,26)(H,23,24,25). The first-order valence-corrected chi connectivity index (χ1v) is 12.4.